The molecule has 0 heterocycles. The Morgan fingerprint density at radius 1 is 1.27 bits per heavy atom. The van der Waals surface area contributed by atoms with E-state index in [1.54, 1.807) is 0 Å². The predicted molar refractivity (Wildman–Crippen MR) is 58.2 cm³/mol. The Morgan fingerprint density at radius 3 is 2.73 bits per heavy atom. The summed E-state index contributed by atoms with van der Waals surface area (Å²) >= 11 is 0. The van der Waals surface area contributed by atoms with Gasteiger partial charge in [-0.2, -0.15) is 0 Å². The third kappa shape index (κ3) is 2.37. The molecular formula is C12H17NO2. The third-order valence-corrected chi connectivity index (χ3v) is 3.01. The van der Waals surface area contributed by atoms with Gasteiger partial charge in [-0.15, -0.1) is 0 Å². The van der Waals surface area contributed by atoms with Crippen molar-refractivity contribution in [3.63, 3.8) is 0 Å². The second-order valence-corrected chi connectivity index (χ2v) is 4.08. The molecule has 0 aromatic heterocycles. The summed E-state index contributed by atoms with van der Waals surface area (Å²) in [5.41, 5.74) is 3.70. The van der Waals surface area contributed by atoms with Crippen molar-refractivity contribution in [3.8, 4) is 0 Å². The van der Waals surface area contributed by atoms with Gasteiger partial charge < -0.3 is 9.94 Å². The highest BCUT2D eigenvalue weighted by atomic mass is 16.6. The average molecular weight is 207 g/mol. The fourth-order valence-corrected chi connectivity index (χ4v) is 2.15. The fraction of sp³-hybridized carbons (Fsp3) is 0.500. The van der Waals surface area contributed by atoms with E-state index in [1.807, 2.05) is 6.07 Å². The van der Waals surface area contributed by atoms with Gasteiger partial charge in [-0.1, -0.05) is 18.2 Å². The first-order chi connectivity index (χ1) is 7.31. The maximum atomic E-state index is 9.72. The zero-order valence-corrected chi connectivity index (χ0v) is 8.78. The lowest BCUT2D eigenvalue weighted by Gasteiger charge is -2.18. The maximum absolute atomic E-state index is 9.72. The summed E-state index contributed by atoms with van der Waals surface area (Å²) in [5.74, 6) is 4.94. The number of hydrogen-bond donors (Lipinski definition) is 2. The molecule has 3 heteroatoms. The number of aliphatic hydroxyl groups is 1. The lowest BCUT2D eigenvalue weighted by Crippen LogP contribution is -2.12. The molecule has 3 N–H and O–H groups in total. The van der Waals surface area contributed by atoms with Crippen LogP contribution in [0.3, 0.4) is 0 Å². The number of rotatable bonds is 3. The summed E-state index contributed by atoms with van der Waals surface area (Å²) < 4.78 is 0. The van der Waals surface area contributed by atoms with E-state index in [-0.39, 0.29) is 6.61 Å². The molecule has 3 nitrogen and oxygen atoms in total. The number of benzene rings is 1. The molecule has 0 spiro atoms. The minimum Gasteiger partial charge on any atom is -0.386 e. The number of fused-ring (bicyclic) bond motifs is 1. The van der Waals surface area contributed by atoms with Gasteiger partial charge in [0.05, 0.1) is 6.61 Å². The van der Waals surface area contributed by atoms with Crippen LogP contribution in [0.4, 0.5) is 0 Å². The Labute approximate surface area is 89.8 Å². The first-order valence-corrected chi connectivity index (χ1v) is 5.42. The van der Waals surface area contributed by atoms with Crippen LogP contribution in [0, 0.1) is 0 Å². The molecule has 0 amide bonds. The van der Waals surface area contributed by atoms with Crippen LogP contribution in [-0.2, 0) is 17.7 Å². The second-order valence-electron chi connectivity index (χ2n) is 4.08. The molecule has 0 aliphatic heterocycles. The average Bonchev–Trinajstić information content (AvgIpc) is 2.29. The van der Waals surface area contributed by atoms with E-state index in [2.05, 4.69) is 17.0 Å². The maximum Gasteiger partial charge on any atom is 0.104 e. The SMILES string of the molecule is NOCC(O)c1ccc2c(c1)CCCC2. The van der Waals surface area contributed by atoms with Crippen molar-refractivity contribution in [2.45, 2.75) is 31.8 Å². The number of nitrogens with two attached hydrogens (primary N) is 1. The second kappa shape index (κ2) is 4.75. The van der Waals surface area contributed by atoms with Gasteiger partial charge in [0.1, 0.15) is 6.10 Å². The van der Waals surface area contributed by atoms with Gasteiger partial charge in [-0.05, 0) is 42.4 Å². The first-order valence-electron chi connectivity index (χ1n) is 5.42. The fourth-order valence-electron chi connectivity index (χ4n) is 2.15. The van der Waals surface area contributed by atoms with Crippen molar-refractivity contribution in [1.29, 1.82) is 0 Å². The third-order valence-electron chi connectivity index (χ3n) is 3.01. The molecule has 1 aromatic rings. The molecule has 0 bridgehead atoms. The van der Waals surface area contributed by atoms with E-state index >= 15 is 0 Å². The summed E-state index contributed by atoms with van der Waals surface area (Å²) in [6, 6.07) is 6.16. The van der Waals surface area contributed by atoms with Crippen molar-refractivity contribution >= 4 is 0 Å². The van der Waals surface area contributed by atoms with Gasteiger partial charge in [0.15, 0.2) is 0 Å². The summed E-state index contributed by atoms with van der Waals surface area (Å²) in [5, 5.41) is 9.72. The molecule has 0 saturated heterocycles. The summed E-state index contributed by atoms with van der Waals surface area (Å²) in [4.78, 5) is 4.45. The molecule has 1 unspecified atom stereocenters. The zero-order chi connectivity index (χ0) is 10.7. The van der Waals surface area contributed by atoms with E-state index < -0.39 is 6.10 Å². The highest BCUT2D eigenvalue weighted by molar-refractivity contribution is 5.34. The zero-order valence-electron chi connectivity index (χ0n) is 8.78. The van der Waals surface area contributed by atoms with Crippen molar-refractivity contribution < 1.29 is 9.94 Å². The summed E-state index contributed by atoms with van der Waals surface area (Å²) in [6.07, 6.45) is 4.21. The van der Waals surface area contributed by atoms with Gasteiger partial charge in [-0.25, -0.2) is 5.90 Å². The van der Waals surface area contributed by atoms with Gasteiger partial charge in [0.25, 0.3) is 0 Å². The van der Waals surface area contributed by atoms with Gasteiger partial charge in [0.2, 0.25) is 0 Å². The van der Waals surface area contributed by atoms with E-state index in [4.69, 9.17) is 5.90 Å². The standard InChI is InChI=1S/C12H17NO2/c13-15-8-12(14)11-6-5-9-3-1-2-4-10(9)7-11/h5-7,12,14H,1-4,8,13H2. The molecule has 1 aromatic carbocycles. The molecule has 1 atom stereocenters. The molecule has 0 saturated carbocycles. The van der Waals surface area contributed by atoms with Crippen LogP contribution in [0.2, 0.25) is 0 Å². The number of aliphatic hydroxyl groups excluding tert-OH is 1. The van der Waals surface area contributed by atoms with Gasteiger partial charge >= 0.3 is 0 Å². The Morgan fingerprint density at radius 2 is 2.00 bits per heavy atom. The first kappa shape index (κ1) is 10.6. The molecule has 2 rings (SSSR count). The Kier molecular flexibility index (Phi) is 3.36. The lowest BCUT2D eigenvalue weighted by molar-refractivity contribution is 0.0358. The predicted octanol–water partition coefficient (Wildman–Crippen LogP) is 1.49. The minimum absolute atomic E-state index is 0.152. The van der Waals surface area contributed by atoms with E-state index in [9.17, 15) is 5.11 Å². The monoisotopic (exact) mass is 207 g/mol. The molecule has 15 heavy (non-hydrogen) atoms. The smallest absolute Gasteiger partial charge is 0.104 e. The van der Waals surface area contributed by atoms with Crippen molar-refractivity contribution in [3.05, 3.63) is 34.9 Å². The van der Waals surface area contributed by atoms with Crippen LogP contribution in [-0.4, -0.2) is 11.7 Å². The molecule has 0 radical (unpaired) electrons. The van der Waals surface area contributed by atoms with Gasteiger partial charge in [-0.3, -0.25) is 0 Å². The number of hydrogen-bond acceptors (Lipinski definition) is 3. The quantitative estimate of drug-likeness (QED) is 0.738. The number of aryl methyl sites for hydroxylation is 2. The highest BCUT2D eigenvalue weighted by Crippen LogP contribution is 2.24. The topological polar surface area (TPSA) is 55.5 Å². The van der Waals surface area contributed by atoms with Crippen LogP contribution in [0.15, 0.2) is 18.2 Å². The van der Waals surface area contributed by atoms with Crippen molar-refractivity contribution in [2.75, 3.05) is 6.61 Å². The molecular weight excluding hydrogens is 190 g/mol. The van der Waals surface area contributed by atoms with Crippen LogP contribution < -0.4 is 5.90 Å². The Balaban J connectivity index is 2.20. The summed E-state index contributed by atoms with van der Waals surface area (Å²) in [7, 11) is 0. The van der Waals surface area contributed by atoms with Crippen molar-refractivity contribution in [1.82, 2.24) is 0 Å². The molecule has 1 aliphatic rings. The van der Waals surface area contributed by atoms with Crippen LogP contribution in [0.1, 0.15) is 35.6 Å². The van der Waals surface area contributed by atoms with Crippen LogP contribution >= 0.6 is 0 Å². The van der Waals surface area contributed by atoms with Crippen molar-refractivity contribution in [2.24, 2.45) is 5.90 Å². The van der Waals surface area contributed by atoms with E-state index in [1.165, 1.54) is 30.4 Å². The largest absolute Gasteiger partial charge is 0.386 e. The van der Waals surface area contributed by atoms with E-state index in [0.717, 1.165) is 12.0 Å². The Bertz CT molecular complexity index is 338. The summed E-state index contributed by atoms with van der Waals surface area (Å²) in [6.45, 7) is 0.152. The lowest BCUT2D eigenvalue weighted by atomic mass is 9.89. The molecule has 1 aliphatic carbocycles. The minimum atomic E-state index is -0.609. The normalized spacial score (nSPS) is 17.2. The van der Waals surface area contributed by atoms with Crippen LogP contribution in [0.25, 0.3) is 0 Å². The van der Waals surface area contributed by atoms with Gasteiger partial charge in [0, 0.05) is 0 Å². The molecule has 0 fully saturated rings. The van der Waals surface area contributed by atoms with E-state index in [0.29, 0.717) is 0 Å². The highest BCUT2D eigenvalue weighted by Gasteiger charge is 2.13. The van der Waals surface area contributed by atoms with Crippen LogP contribution in [0.5, 0.6) is 0 Å². The molecule has 82 valence electrons. The Hall–Kier alpha value is -0.900.